The van der Waals surface area contributed by atoms with Crippen LogP contribution in [0.5, 0.6) is 0 Å². The Morgan fingerprint density at radius 1 is 0.727 bits per heavy atom. The van der Waals surface area contributed by atoms with Crippen molar-refractivity contribution in [3.8, 4) is 0 Å². The van der Waals surface area contributed by atoms with Gasteiger partial charge in [-0.1, -0.05) is 42.5 Å². The summed E-state index contributed by atoms with van der Waals surface area (Å²) < 4.78 is 4.87. The fraction of sp³-hybridized carbons (Fsp3) is 0. The molecule has 0 amide bonds. The Hall–Kier alpha value is -3.14. The van der Waals surface area contributed by atoms with Gasteiger partial charge in [0.2, 0.25) is 0 Å². The number of rotatable bonds is 0. The molecule has 0 radical (unpaired) electrons. The van der Waals surface area contributed by atoms with Gasteiger partial charge in [-0.15, -0.1) is 0 Å². The van der Waals surface area contributed by atoms with E-state index in [1.165, 1.54) is 0 Å². The first kappa shape index (κ1) is 11.5. The second kappa shape index (κ2) is 3.74. The third-order valence-corrected chi connectivity index (χ3v) is 4.27. The average Bonchev–Trinajstić information content (AvgIpc) is 3.05. The number of para-hydroxylation sites is 1. The van der Waals surface area contributed by atoms with E-state index in [2.05, 4.69) is 4.98 Å². The first-order valence-electron chi connectivity index (χ1n) is 6.97. The molecule has 4 heteroatoms. The number of aromatic amines is 1. The summed E-state index contributed by atoms with van der Waals surface area (Å²) in [5.74, 6) is -1.14. The number of hydrogen-bond acceptors (Lipinski definition) is 3. The topological polar surface area (TPSA) is 59.2 Å². The summed E-state index contributed by atoms with van der Waals surface area (Å²) in [4.78, 5) is 27.7. The maximum atomic E-state index is 12.2. The van der Waals surface area contributed by atoms with Gasteiger partial charge in [0.1, 0.15) is 0 Å². The maximum absolute atomic E-state index is 12.2. The Morgan fingerprint density at radius 2 is 1.36 bits per heavy atom. The highest BCUT2D eigenvalue weighted by Crippen LogP contribution is 2.40. The quantitative estimate of drug-likeness (QED) is 0.395. The monoisotopic (exact) mass is 287 g/mol. The van der Waals surface area contributed by atoms with E-state index >= 15 is 0 Å². The summed E-state index contributed by atoms with van der Waals surface area (Å²) in [5.41, 5.74) is 2.54. The van der Waals surface area contributed by atoms with Crippen molar-refractivity contribution in [2.75, 3.05) is 0 Å². The number of fused-ring (bicyclic) bond motifs is 8. The lowest BCUT2D eigenvalue weighted by atomic mass is 9.95. The number of hydrogen-bond donors (Lipinski definition) is 1. The smallest absolute Gasteiger partial charge is 0.347 e. The Labute approximate surface area is 124 Å². The molecule has 5 rings (SSSR count). The number of ether oxygens (including phenoxy) is 1. The predicted octanol–water partition coefficient (Wildman–Crippen LogP) is 3.78. The molecule has 3 aromatic carbocycles. The van der Waals surface area contributed by atoms with Gasteiger partial charge in [0.25, 0.3) is 0 Å². The first-order valence-corrected chi connectivity index (χ1v) is 6.97. The molecule has 0 fully saturated rings. The zero-order valence-corrected chi connectivity index (χ0v) is 11.3. The van der Waals surface area contributed by atoms with Crippen molar-refractivity contribution in [2.24, 2.45) is 0 Å². The number of H-pyrrole nitrogens is 1. The Kier molecular flexibility index (Phi) is 1.96. The van der Waals surface area contributed by atoms with Crippen LogP contribution in [0.4, 0.5) is 0 Å². The molecule has 104 valence electrons. The van der Waals surface area contributed by atoms with Gasteiger partial charge >= 0.3 is 11.9 Å². The van der Waals surface area contributed by atoms with E-state index in [0.29, 0.717) is 11.1 Å². The van der Waals surface area contributed by atoms with Gasteiger partial charge in [-0.3, -0.25) is 0 Å². The highest BCUT2D eigenvalue weighted by atomic mass is 16.6. The molecule has 1 N–H and O–H groups in total. The van der Waals surface area contributed by atoms with E-state index in [-0.39, 0.29) is 0 Å². The molecule has 22 heavy (non-hydrogen) atoms. The number of aromatic nitrogens is 1. The minimum Gasteiger partial charge on any atom is -0.386 e. The largest absolute Gasteiger partial charge is 0.386 e. The zero-order valence-electron chi connectivity index (χ0n) is 11.3. The van der Waals surface area contributed by atoms with Crippen molar-refractivity contribution in [1.82, 2.24) is 4.98 Å². The summed E-state index contributed by atoms with van der Waals surface area (Å²) in [6, 6.07) is 15.3. The Morgan fingerprint density at radius 3 is 2.18 bits per heavy atom. The Balaban J connectivity index is 2.20. The van der Waals surface area contributed by atoms with Crippen LogP contribution in [0, 0.1) is 0 Å². The standard InChI is InChI=1S/C18H9NO3/c20-17-14-9-5-1-2-6-10(9)16-13(15(14)18(21)22-17)11-7-3-4-8-12(11)19-16/h1-8,19H. The molecule has 0 saturated heterocycles. The number of nitrogens with one attached hydrogen (secondary N) is 1. The van der Waals surface area contributed by atoms with Crippen molar-refractivity contribution in [3.05, 3.63) is 59.7 Å². The number of carbonyl (C=O) groups excluding carboxylic acids is 2. The maximum Gasteiger partial charge on any atom is 0.347 e. The fourth-order valence-electron chi connectivity index (χ4n) is 3.38. The van der Waals surface area contributed by atoms with Gasteiger partial charge in [-0.2, -0.15) is 0 Å². The molecular formula is C18H9NO3. The van der Waals surface area contributed by atoms with E-state index in [0.717, 1.165) is 32.6 Å². The third-order valence-electron chi connectivity index (χ3n) is 4.27. The van der Waals surface area contributed by atoms with Gasteiger partial charge in [0.15, 0.2) is 0 Å². The SMILES string of the molecule is O=C1OC(=O)c2c1c1ccccc1c1[nH]c3ccccc3c21. The van der Waals surface area contributed by atoms with E-state index in [1.54, 1.807) is 0 Å². The van der Waals surface area contributed by atoms with Gasteiger partial charge in [0, 0.05) is 21.7 Å². The molecule has 4 nitrogen and oxygen atoms in total. The molecule has 2 heterocycles. The van der Waals surface area contributed by atoms with Crippen LogP contribution >= 0.6 is 0 Å². The lowest BCUT2D eigenvalue weighted by Crippen LogP contribution is -1.97. The molecule has 1 aliphatic heterocycles. The van der Waals surface area contributed by atoms with Crippen molar-refractivity contribution < 1.29 is 14.3 Å². The number of cyclic esters (lactones) is 2. The highest BCUT2D eigenvalue weighted by Gasteiger charge is 2.35. The second-order valence-electron chi connectivity index (χ2n) is 5.39. The molecule has 0 atom stereocenters. The molecule has 0 unspecified atom stereocenters. The molecule has 1 aromatic heterocycles. The molecule has 4 aromatic rings. The third kappa shape index (κ3) is 1.22. The Bertz CT molecular complexity index is 1140. The van der Waals surface area contributed by atoms with Gasteiger partial charge in [-0.05, 0) is 11.5 Å². The van der Waals surface area contributed by atoms with Crippen LogP contribution in [-0.4, -0.2) is 16.9 Å². The fourth-order valence-corrected chi connectivity index (χ4v) is 3.38. The first-order chi connectivity index (χ1) is 10.8. The van der Waals surface area contributed by atoms with Gasteiger partial charge < -0.3 is 9.72 Å². The summed E-state index contributed by atoms with van der Waals surface area (Å²) in [5, 5.41) is 3.35. The van der Waals surface area contributed by atoms with E-state index in [4.69, 9.17) is 4.74 Å². The lowest BCUT2D eigenvalue weighted by molar-refractivity contribution is 0.0445. The van der Waals surface area contributed by atoms with Crippen LogP contribution in [0.2, 0.25) is 0 Å². The normalized spacial score (nSPS) is 14.0. The average molecular weight is 287 g/mol. The van der Waals surface area contributed by atoms with Crippen LogP contribution in [0.25, 0.3) is 32.6 Å². The molecule has 0 bridgehead atoms. The summed E-state index contributed by atoms with van der Waals surface area (Å²) in [7, 11) is 0. The molecule has 0 aliphatic carbocycles. The van der Waals surface area contributed by atoms with Gasteiger partial charge in [0.05, 0.1) is 16.6 Å². The van der Waals surface area contributed by atoms with E-state index < -0.39 is 11.9 Å². The van der Waals surface area contributed by atoms with Crippen LogP contribution < -0.4 is 0 Å². The van der Waals surface area contributed by atoms with Crippen LogP contribution in [0.15, 0.2) is 48.5 Å². The highest BCUT2D eigenvalue weighted by molar-refractivity contribution is 6.33. The zero-order chi connectivity index (χ0) is 14.8. The van der Waals surface area contributed by atoms with Crippen molar-refractivity contribution in [2.45, 2.75) is 0 Å². The second-order valence-corrected chi connectivity index (χ2v) is 5.39. The van der Waals surface area contributed by atoms with Crippen molar-refractivity contribution in [3.63, 3.8) is 0 Å². The van der Waals surface area contributed by atoms with Crippen LogP contribution in [0.1, 0.15) is 20.7 Å². The molecular weight excluding hydrogens is 278 g/mol. The summed E-state index contributed by atoms with van der Waals surface area (Å²) >= 11 is 0. The van der Waals surface area contributed by atoms with Crippen LogP contribution in [-0.2, 0) is 4.74 Å². The number of esters is 2. The number of carbonyl (C=O) groups is 2. The van der Waals surface area contributed by atoms with E-state index in [9.17, 15) is 9.59 Å². The lowest BCUT2D eigenvalue weighted by Gasteiger charge is -2.04. The molecule has 0 saturated carbocycles. The van der Waals surface area contributed by atoms with Crippen molar-refractivity contribution in [1.29, 1.82) is 0 Å². The van der Waals surface area contributed by atoms with Crippen molar-refractivity contribution >= 4 is 44.5 Å². The minimum absolute atomic E-state index is 0.371. The minimum atomic E-state index is -0.569. The summed E-state index contributed by atoms with van der Waals surface area (Å²) in [6.07, 6.45) is 0. The summed E-state index contributed by atoms with van der Waals surface area (Å²) in [6.45, 7) is 0. The van der Waals surface area contributed by atoms with Gasteiger partial charge in [-0.25, -0.2) is 9.59 Å². The molecule has 1 aliphatic rings. The molecule has 0 spiro atoms. The predicted molar refractivity (Wildman–Crippen MR) is 83.1 cm³/mol. The number of benzene rings is 3. The van der Waals surface area contributed by atoms with Crippen LogP contribution in [0.3, 0.4) is 0 Å². The van der Waals surface area contributed by atoms with E-state index in [1.807, 2.05) is 48.5 Å².